The van der Waals surface area contributed by atoms with Crippen molar-refractivity contribution in [1.29, 1.82) is 0 Å². The maximum Gasteiger partial charge on any atom is 0.240 e. The first kappa shape index (κ1) is 11.5. The van der Waals surface area contributed by atoms with Crippen molar-refractivity contribution in [3.05, 3.63) is 0 Å². The summed E-state index contributed by atoms with van der Waals surface area (Å²) in [7, 11) is 1.59. The molecule has 0 aromatic heterocycles. The minimum absolute atomic E-state index is 0.209. The van der Waals surface area contributed by atoms with E-state index in [2.05, 4.69) is 5.32 Å². The molecule has 3 N–H and O–H groups in total. The van der Waals surface area contributed by atoms with E-state index in [1.165, 1.54) is 12.8 Å². The zero-order valence-electron chi connectivity index (χ0n) is 9.17. The second-order valence-electron chi connectivity index (χ2n) is 4.27. The van der Waals surface area contributed by atoms with Gasteiger partial charge in [-0.15, -0.1) is 0 Å². The van der Waals surface area contributed by atoms with Gasteiger partial charge in [0, 0.05) is 7.11 Å². The van der Waals surface area contributed by atoms with Gasteiger partial charge in [0.2, 0.25) is 5.91 Å². The van der Waals surface area contributed by atoms with Crippen LogP contribution in [0.4, 0.5) is 0 Å². The Morgan fingerprint density at radius 3 is 2.64 bits per heavy atom. The van der Waals surface area contributed by atoms with Gasteiger partial charge in [-0.1, -0.05) is 0 Å². The monoisotopic (exact) mass is 200 g/mol. The molecule has 0 radical (unpaired) electrons. The van der Waals surface area contributed by atoms with Crippen LogP contribution in [0.1, 0.15) is 26.7 Å². The lowest BCUT2D eigenvalue weighted by Gasteiger charge is -2.32. The number of amides is 1. The van der Waals surface area contributed by atoms with Crippen LogP contribution in [0, 0.1) is 5.92 Å². The Balaban J connectivity index is 2.54. The van der Waals surface area contributed by atoms with E-state index in [1.54, 1.807) is 14.0 Å². The number of nitrogens with two attached hydrogens (primary N) is 1. The van der Waals surface area contributed by atoms with Gasteiger partial charge < -0.3 is 15.8 Å². The van der Waals surface area contributed by atoms with E-state index in [4.69, 9.17) is 10.5 Å². The van der Waals surface area contributed by atoms with Crippen LogP contribution >= 0.6 is 0 Å². The van der Waals surface area contributed by atoms with E-state index in [0.29, 0.717) is 0 Å². The van der Waals surface area contributed by atoms with E-state index in [1.807, 2.05) is 6.92 Å². The first-order valence-electron chi connectivity index (χ1n) is 5.08. The Labute approximate surface area is 85.2 Å². The predicted octanol–water partition coefficient (Wildman–Crippen LogP) is 0.265. The van der Waals surface area contributed by atoms with Crippen molar-refractivity contribution in [2.45, 2.75) is 38.3 Å². The number of methoxy groups -OCH3 is 1. The highest BCUT2D eigenvalue weighted by Crippen LogP contribution is 2.28. The zero-order chi connectivity index (χ0) is 10.8. The number of nitrogens with one attached hydrogen (secondary N) is 1. The third-order valence-electron chi connectivity index (χ3n) is 3.13. The summed E-state index contributed by atoms with van der Waals surface area (Å²) in [6.07, 6.45) is 2.30. The average Bonchev–Trinajstić information content (AvgIpc) is 2.95. The largest absolute Gasteiger partial charge is 0.379 e. The molecule has 1 aliphatic rings. The van der Waals surface area contributed by atoms with E-state index in [0.717, 1.165) is 12.5 Å². The molecule has 1 rings (SSSR count). The molecule has 0 bridgehead atoms. The van der Waals surface area contributed by atoms with Gasteiger partial charge in [-0.05, 0) is 39.2 Å². The molecule has 0 aromatic rings. The van der Waals surface area contributed by atoms with Crippen LogP contribution in [0.15, 0.2) is 0 Å². The van der Waals surface area contributed by atoms with Gasteiger partial charge in [-0.2, -0.15) is 0 Å². The van der Waals surface area contributed by atoms with Crippen molar-refractivity contribution in [2.24, 2.45) is 11.7 Å². The fraction of sp³-hybridized carbons (Fsp3) is 0.900. The smallest absolute Gasteiger partial charge is 0.240 e. The van der Waals surface area contributed by atoms with Crippen LogP contribution < -0.4 is 11.1 Å². The molecule has 1 fully saturated rings. The fourth-order valence-corrected chi connectivity index (χ4v) is 1.35. The van der Waals surface area contributed by atoms with Crippen molar-refractivity contribution in [1.82, 2.24) is 5.32 Å². The second-order valence-corrected chi connectivity index (χ2v) is 4.27. The molecule has 0 spiro atoms. The van der Waals surface area contributed by atoms with Crippen LogP contribution in [0.5, 0.6) is 0 Å². The lowest BCUT2D eigenvalue weighted by molar-refractivity contribution is -0.129. The molecule has 4 nitrogen and oxygen atoms in total. The molecule has 1 aliphatic carbocycles. The van der Waals surface area contributed by atoms with Gasteiger partial charge in [0.1, 0.15) is 5.54 Å². The second kappa shape index (κ2) is 4.28. The Morgan fingerprint density at radius 2 is 2.29 bits per heavy atom. The summed E-state index contributed by atoms with van der Waals surface area (Å²) < 4.78 is 5.17. The molecule has 2 atom stereocenters. The summed E-state index contributed by atoms with van der Waals surface area (Å²) in [4.78, 5) is 11.3. The lowest BCUT2D eigenvalue weighted by Crippen LogP contribution is -2.60. The maximum absolute atomic E-state index is 11.3. The number of carbonyl (C=O) groups is 1. The van der Waals surface area contributed by atoms with Crippen molar-refractivity contribution < 1.29 is 9.53 Å². The van der Waals surface area contributed by atoms with Crippen molar-refractivity contribution in [3.8, 4) is 0 Å². The number of hydrogen-bond donors (Lipinski definition) is 2. The number of rotatable bonds is 6. The summed E-state index contributed by atoms with van der Waals surface area (Å²) >= 11 is 0. The van der Waals surface area contributed by atoms with Crippen molar-refractivity contribution in [3.63, 3.8) is 0 Å². The minimum atomic E-state index is -0.753. The van der Waals surface area contributed by atoms with Gasteiger partial charge in [0.05, 0.1) is 6.10 Å². The number of primary amides is 1. The third kappa shape index (κ3) is 2.45. The standard InChI is InChI=1S/C10H20N2O2/c1-7(14-3)10(2,9(11)13)12-6-8-4-5-8/h7-8,12H,4-6H2,1-3H3,(H2,11,13). The first-order chi connectivity index (χ1) is 6.50. The Hall–Kier alpha value is -0.610. The molecule has 1 amide bonds. The molecule has 82 valence electrons. The Morgan fingerprint density at radius 1 is 1.71 bits per heavy atom. The Bertz CT molecular complexity index is 216. The minimum Gasteiger partial charge on any atom is -0.379 e. The van der Waals surface area contributed by atoms with E-state index in [9.17, 15) is 4.79 Å². The van der Waals surface area contributed by atoms with Crippen LogP contribution in [-0.2, 0) is 9.53 Å². The van der Waals surface area contributed by atoms with Crippen LogP contribution in [0.25, 0.3) is 0 Å². The topological polar surface area (TPSA) is 64.3 Å². The Kier molecular flexibility index (Phi) is 3.50. The summed E-state index contributed by atoms with van der Waals surface area (Å²) in [5, 5.41) is 3.21. The maximum atomic E-state index is 11.3. The third-order valence-corrected chi connectivity index (χ3v) is 3.13. The zero-order valence-corrected chi connectivity index (χ0v) is 9.17. The van der Waals surface area contributed by atoms with E-state index < -0.39 is 5.54 Å². The molecule has 0 saturated heterocycles. The SMILES string of the molecule is COC(C)C(C)(NCC1CC1)C(N)=O. The van der Waals surface area contributed by atoms with Gasteiger partial charge in [-0.3, -0.25) is 4.79 Å². The predicted molar refractivity (Wildman–Crippen MR) is 54.8 cm³/mol. The summed E-state index contributed by atoms with van der Waals surface area (Å²) in [6.45, 7) is 4.50. The highest BCUT2D eigenvalue weighted by atomic mass is 16.5. The molecule has 0 heterocycles. The van der Waals surface area contributed by atoms with Crippen molar-refractivity contribution >= 4 is 5.91 Å². The van der Waals surface area contributed by atoms with Crippen LogP contribution in [0.3, 0.4) is 0 Å². The highest BCUT2D eigenvalue weighted by molar-refractivity contribution is 5.84. The van der Waals surface area contributed by atoms with E-state index in [-0.39, 0.29) is 12.0 Å². The molecular weight excluding hydrogens is 180 g/mol. The van der Waals surface area contributed by atoms with Crippen LogP contribution in [-0.4, -0.2) is 31.2 Å². The average molecular weight is 200 g/mol. The molecule has 1 saturated carbocycles. The van der Waals surface area contributed by atoms with Gasteiger partial charge in [0.15, 0.2) is 0 Å². The lowest BCUT2D eigenvalue weighted by atomic mass is 9.94. The molecule has 0 aliphatic heterocycles. The number of ether oxygens (including phenoxy) is 1. The first-order valence-corrected chi connectivity index (χ1v) is 5.08. The molecular formula is C10H20N2O2. The van der Waals surface area contributed by atoms with Crippen molar-refractivity contribution in [2.75, 3.05) is 13.7 Å². The molecule has 2 unspecified atom stereocenters. The molecule has 14 heavy (non-hydrogen) atoms. The molecule has 4 heteroatoms. The van der Waals surface area contributed by atoms with Gasteiger partial charge in [0.25, 0.3) is 0 Å². The summed E-state index contributed by atoms with van der Waals surface area (Å²) in [6, 6.07) is 0. The normalized spacial score (nSPS) is 22.8. The van der Waals surface area contributed by atoms with Gasteiger partial charge >= 0.3 is 0 Å². The van der Waals surface area contributed by atoms with Crippen LogP contribution in [0.2, 0.25) is 0 Å². The summed E-state index contributed by atoms with van der Waals surface area (Å²) in [5.74, 6) is 0.366. The number of hydrogen-bond acceptors (Lipinski definition) is 3. The highest BCUT2D eigenvalue weighted by Gasteiger charge is 2.38. The van der Waals surface area contributed by atoms with E-state index >= 15 is 0 Å². The number of carbonyl (C=O) groups excluding carboxylic acids is 1. The quantitative estimate of drug-likeness (QED) is 0.646. The van der Waals surface area contributed by atoms with Gasteiger partial charge in [-0.25, -0.2) is 0 Å². The molecule has 0 aromatic carbocycles. The fourth-order valence-electron chi connectivity index (χ4n) is 1.35. The summed E-state index contributed by atoms with van der Waals surface area (Å²) in [5.41, 5.74) is 4.62.